The lowest BCUT2D eigenvalue weighted by molar-refractivity contribution is 0.0506. The number of benzene rings is 1. The summed E-state index contributed by atoms with van der Waals surface area (Å²) in [4.78, 5) is 14.1. The molecule has 1 aromatic rings. The van der Waals surface area contributed by atoms with Crippen molar-refractivity contribution in [2.24, 2.45) is 0 Å². The summed E-state index contributed by atoms with van der Waals surface area (Å²) in [5.41, 5.74) is 0.664. The molecule has 2 rings (SSSR count). The van der Waals surface area contributed by atoms with Gasteiger partial charge in [-0.1, -0.05) is 29.8 Å². The fraction of sp³-hybridized carbons (Fsp3) is 0.562. The monoisotopic (exact) mass is 310 g/mol. The van der Waals surface area contributed by atoms with E-state index in [0.29, 0.717) is 0 Å². The molecule has 1 aliphatic rings. The molecule has 1 saturated heterocycles. The summed E-state index contributed by atoms with van der Waals surface area (Å²) >= 11 is 6.18. The molecule has 0 spiro atoms. The van der Waals surface area contributed by atoms with Crippen molar-refractivity contribution >= 4 is 17.7 Å². The van der Waals surface area contributed by atoms with Gasteiger partial charge < -0.3 is 10.1 Å². The Labute approximate surface area is 131 Å². The molecule has 0 aliphatic carbocycles. The van der Waals surface area contributed by atoms with Crippen LogP contribution in [0.3, 0.4) is 0 Å². The molecule has 0 bridgehead atoms. The first-order valence-corrected chi connectivity index (χ1v) is 7.66. The third-order valence-electron chi connectivity index (χ3n) is 3.35. The maximum absolute atomic E-state index is 11.8. The standard InChI is InChI=1S/C16H23ClN2O2/c1-16(2,3)21-15(20)18-13-8-9-19(11-13)10-12-6-4-5-7-14(12)17/h4-7,13H,8-11H2,1-3H3,(H,18,20). The average Bonchev–Trinajstić information content (AvgIpc) is 2.77. The molecule has 0 aromatic heterocycles. The van der Waals surface area contributed by atoms with Gasteiger partial charge in [0, 0.05) is 30.7 Å². The van der Waals surface area contributed by atoms with Gasteiger partial charge in [0.05, 0.1) is 0 Å². The molecule has 1 atom stereocenters. The van der Waals surface area contributed by atoms with Gasteiger partial charge in [-0.2, -0.15) is 0 Å². The topological polar surface area (TPSA) is 41.6 Å². The highest BCUT2D eigenvalue weighted by Gasteiger charge is 2.26. The SMILES string of the molecule is CC(C)(C)OC(=O)NC1CCN(Cc2ccccc2Cl)C1. The van der Waals surface area contributed by atoms with Gasteiger partial charge in [0.1, 0.15) is 5.60 Å². The molecule has 116 valence electrons. The lowest BCUT2D eigenvalue weighted by Crippen LogP contribution is -2.40. The molecular formula is C16H23ClN2O2. The number of hydrogen-bond acceptors (Lipinski definition) is 3. The number of alkyl carbamates (subject to hydrolysis) is 1. The van der Waals surface area contributed by atoms with Crippen molar-refractivity contribution in [1.82, 2.24) is 10.2 Å². The zero-order chi connectivity index (χ0) is 15.5. The fourth-order valence-electron chi connectivity index (χ4n) is 2.44. The van der Waals surface area contributed by atoms with Crippen molar-refractivity contribution in [1.29, 1.82) is 0 Å². The van der Waals surface area contributed by atoms with Crippen molar-refractivity contribution in [3.63, 3.8) is 0 Å². The fourth-order valence-corrected chi connectivity index (χ4v) is 2.63. The summed E-state index contributed by atoms with van der Waals surface area (Å²) in [6.45, 7) is 8.18. The Bertz CT molecular complexity index is 499. The first-order chi connectivity index (χ1) is 9.83. The van der Waals surface area contributed by atoms with E-state index in [1.807, 2.05) is 45.0 Å². The molecule has 5 heteroatoms. The van der Waals surface area contributed by atoms with Crippen molar-refractivity contribution in [2.75, 3.05) is 13.1 Å². The summed E-state index contributed by atoms with van der Waals surface area (Å²) in [7, 11) is 0. The van der Waals surface area contributed by atoms with E-state index in [4.69, 9.17) is 16.3 Å². The predicted molar refractivity (Wildman–Crippen MR) is 84.5 cm³/mol. The smallest absolute Gasteiger partial charge is 0.407 e. The Morgan fingerprint density at radius 2 is 2.14 bits per heavy atom. The van der Waals surface area contributed by atoms with E-state index < -0.39 is 5.60 Å². The van der Waals surface area contributed by atoms with Crippen molar-refractivity contribution < 1.29 is 9.53 Å². The van der Waals surface area contributed by atoms with Crippen LogP contribution in [0.2, 0.25) is 5.02 Å². The molecule has 1 fully saturated rings. The van der Waals surface area contributed by atoms with Crippen LogP contribution in [0.4, 0.5) is 4.79 Å². The molecule has 21 heavy (non-hydrogen) atoms. The average molecular weight is 311 g/mol. The number of amides is 1. The summed E-state index contributed by atoms with van der Waals surface area (Å²) in [5, 5.41) is 3.72. The van der Waals surface area contributed by atoms with E-state index in [0.717, 1.165) is 36.6 Å². The third-order valence-corrected chi connectivity index (χ3v) is 3.71. The number of halogens is 1. The van der Waals surface area contributed by atoms with Crippen molar-refractivity contribution in [3.05, 3.63) is 34.9 Å². The minimum absolute atomic E-state index is 0.141. The quantitative estimate of drug-likeness (QED) is 0.930. The Morgan fingerprint density at radius 3 is 2.81 bits per heavy atom. The molecule has 4 nitrogen and oxygen atoms in total. The number of nitrogens with one attached hydrogen (secondary N) is 1. The van der Waals surface area contributed by atoms with Gasteiger partial charge in [-0.15, -0.1) is 0 Å². The number of carbonyl (C=O) groups excluding carboxylic acids is 1. The molecule has 1 amide bonds. The summed E-state index contributed by atoms with van der Waals surface area (Å²) in [6, 6.07) is 8.01. The second-order valence-electron chi connectivity index (χ2n) is 6.46. The van der Waals surface area contributed by atoms with Gasteiger partial charge in [0.25, 0.3) is 0 Å². The van der Waals surface area contributed by atoms with Crippen LogP contribution in [0.25, 0.3) is 0 Å². The van der Waals surface area contributed by atoms with Gasteiger partial charge in [-0.3, -0.25) is 4.90 Å². The minimum Gasteiger partial charge on any atom is -0.444 e. The molecule has 1 N–H and O–H groups in total. The number of ether oxygens (including phenoxy) is 1. The summed E-state index contributed by atoms with van der Waals surface area (Å²) in [6.07, 6.45) is 0.594. The minimum atomic E-state index is -0.458. The number of nitrogens with zero attached hydrogens (tertiary/aromatic N) is 1. The van der Waals surface area contributed by atoms with Crippen LogP contribution in [0, 0.1) is 0 Å². The number of likely N-dealkylation sites (tertiary alicyclic amines) is 1. The van der Waals surface area contributed by atoms with E-state index in [1.54, 1.807) is 0 Å². The number of carbonyl (C=O) groups is 1. The molecule has 1 unspecified atom stereocenters. The first-order valence-electron chi connectivity index (χ1n) is 7.29. The van der Waals surface area contributed by atoms with Gasteiger partial charge in [0.2, 0.25) is 0 Å². The van der Waals surface area contributed by atoms with E-state index in [2.05, 4.69) is 10.2 Å². The van der Waals surface area contributed by atoms with Gasteiger partial charge in [-0.25, -0.2) is 4.79 Å². The molecule has 1 aliphatic heterocycles. The zero-order valence-electron chi connectivity index (χ0n) is 12.9. The van der Waals surface area contributed by atoms with Crippen LogP contribution >= 0.6 is 11.6 Å². The van der Waals surface area contributed by atoms with Gasteiger partial charge in [0.15, 0.2) is 0 Å². The summed E-state index contributed by atoms with van der Waals surface area (Å²) in [5.74, 6) is 0. The van der Waals surface area contributed by atoms with Crippen LogP contribution in [0.1, 0.15) is 32.8 Å². The van der Waals surface area contributed by atoms with E-state index in [9.17, 15) is 4.79 Å². The summed E-state index contributed by atoms with van der Waals surface area (Å²) < 4.78 is 5.28. The lowest BCUT2D eigenvalue weighted by Gasteiger charge is -2.22. The normalized spacial score (nSPS) is 19.5. The number of hydrogen-bond donors (Lipinski definition) is 1. The first kappa shape index (κ1) is 16.1. The van der Waals surface area contributed by atoms with E-state index in [1.165, 1.54) is 0 Å². The Hall–Kier alpha value is -1.26. The van der Waals surface area contributed by atoms with Crippen molar-refractivity contribution in [2.45, 2.75) is 45.4 Å². The Kier molecular flexibility index (Phi) is 5.12. The molecular weight excluding hydrogens is 288 g/mol. The highest BCUT2D eigenvalue weighted by Crippen LogP contribution is 2.20. The van der Waals surface area contributed by atoms with Crippen LogP contribution < -0.4 is 5.32 Å². The molecule has 1 aromatic carbocycles. The highest BCUT2D eigenvalue weighted by atomic mass is 35.5. The number of rotatable bonds is 3. The van der Waals surface area contributed by atoms with Crippen LogP contribution in [-0.4, -0.2) is 35.7 Å². The zero-order valence-corrected chi connectivity index (χ0v) is 13.6. The Morgan fingerprint density at radius 1 is 1.43 bits per heavy atom. The van der Waals surface area contributed by atoms with Crippen molar-refractivity contribution in [3.8, 4) is 0 Å². The maximum atomic E-state index is 11.8. The van der Waals surface area contributed by atoms with Crippen LogP contribution in [0.5, 0.6) is 0 Å². The second kappa shape index (κ2) is 6.67. The highest BCUT2D eigenvalue weighted by molar-refractivity contribution is 6.31. The predicted octanol–water partition coefficient (Wildman–Crippen LogP) is 3.44. The largest absolute Gasteiger partial charge is 0.444 e. The second-order valence-corrected chi connectivity index (χ2v) is 6.87. The Balaban J connectivity index is 1.81. The van der Waals surface area contributed by atoms with Gasteiger partial charge in [-0.05, 0) is 38.8 Å². The molecule has 1 heterocycles. The lowest BCUT2D eigenvalue weighted by atomic mass is 10.2. The van der Waals surface area contributed by atoms with E-state index >= 15 is 0 Å². The third kappa shape index (κ3) is 5.21. The van der Waals surface area contributed by atoms with Gasteiger partial charge >= 0.3 is 6.09 Å². The van der Waals surface area contributed by atoms with E-state index in [-0.39, 0.29) is 12.1 Å². The molecule has 0 saturated carbocycles. The van der Waals surface area contributed by atoms with Crippen LogP contribution in [-0.2, 0) is 11.3 Å². The van der Waals surface area contributed by atoms with Crippen LogP contribution in [0.15, 0.2) is 24.3 Å². The maximum Gasteiger partial charge on any atom is 0.407 e. The molecule has 0 radical (unpaired) electrons.